The molecule has 1 heterocycles. The summed E-state index contributed by atoms with van der Waals surface area (Å²) < 4.78 is 11.0. The molecule has 0 saturated heterocycles. The third kappa shape index (κ3) is 3.99. The number of ether oxygens (including phenoxy) is 2. The fourth-order valence-corrected chi connectivity index (χ4v) is 5.11. The fraction of sp³-hybridized carbons (Fsp3) is 0.440. The Morgan fingerprint density at radius 1 is 0.968 bits per heavy atom. The first-order valence-corrected chi connectivity index (χ1v) is 10.9. The highest BCUT2D eigenvalue weighted by molar-refractivity contribution is 5.86. The van der Waals surface area contributed by atoms with E-state index >= 15 is 0 Å². The number of carboxylic acids is 1. The Labute approximate surface area is 182 Å². The lowest BCUT2D eigenvalue weighted by molar-refractivity contribution is -0.153. The van der Waals surface area contributed by atoms with Gasteiger partial charge in [0.1, 0.15) is 0 Å². The second-order valence-corrected chi connectivity index (χ2v) is 8.34. The summed E-state index contributed by atoms with van der Waals surface area (Å²) in [6.07, 6.45) is 3.65. The van der Waals surface area contributed by atoms with Gasteiger partial charge in [0.05, 0.1) is 32.1 Å². The summed E-state index contributed by atoms with van der Waals surface area (Å²) in [4.78, 5) is 27.5. The molecule has 0 radical (unpaired) electrons. The largest absolute Gasteiger partial charge is 0.493 e. The number of hydrogen-bond acceptors (Lipinski definition) is 4. The van der Waals surface area contributed by atoms with Crippen LogP contribution in [0.3, 0.4) is 0 Å². The van der Waals surface area contributed by atoms with E-state index in [-0.39, 0.29) is 11.9 Å². The van der Waals surface area contributed by atoms with Gasteiger partial charge in [0, 0.05) is 6.54 Å². The van der Waals surface area contributed by atoms with Crippen molar-refractivity contribution in [3.63, 3.8) is 0 Å². The van der Waals surface area contributed by atoms with Crippen molar-refractivity contribution in [1.29, 1.82) is 0 Å². The maximum absolute atomic E-state index is 13.7. The van der Waals surface area contributed by atoms with Crippen molar-refractivity contribution in [2.75, 3.05) is 20.8 Å². The minimum Gasteiger partial charge on any atom is -0.493 e. The normalized spacial score (nSPS) is 23.0. The van der Waals surface area contributed by atoms with Crippen molar-refractivity contribution in [2.45, 2.75) is 38.1 Å². The molecule has 1 unspecified atom stereocenters. The van der Waals surface area contributed by atoms with E-state index in [1.165, 1.54) is 0 Å². The number of methoxy groups -OCH3 is 2. The maximum atomic E-state index is 13.7. The van der Waals surface area contributed by atoms with E-state index in [1.54, 1.807) is 14.2 Å². The predicted octanol–water partition coefficient (Wildman–Crippen LogP) is 4.07. The van der Waals surface area contributed by atoms with Crippen LogP contribution in [-0.4, -0.2) is 42.6 Å². The number of rotatable bonds is 5. The van der Waals surface area contributed by atoms with Gasteiger partial charge in [-0.05, 0) is 48.1 Å². The Morgan fingerprint density at radius 3 is 2.26 bits per heavy atom. The minimum atomic E-state index is -0.863. The van der Waals surface area contributed by atoms with Crippen molar-refractivity contribution >= 4 is 11.9 Å². The summed E-state index contributed by atoms with van der Waals surface area (Å²) >= 11 is 0. The number of benzene rings is 2. The summed E-state index contributed by atoms with van der Waals surface area (Å²) in [6.45, 7) is 0.545. The van der Waals surface area contributed by atoms with Gasteiger partial charge in [-0.2, -0.15) is 0 Å². The van der Waals surface area contributed by atoms with Gasteiger partial charge in [-0.1, -0.05) is 43.2 Å². The van der Waals surface area contributed by atoms with Crippen molar-refractivity contribution < 1.29 is 24.2 Å². The van der Waals surface area contributed by atoms with E-state index < -0.39 is 17.8 Å². The van der Waals surface area contributed by atoms with Crippen LogP contribution in [0.2, 0.25) is 0 Å². The first-order valence-electron chi connectivity index (χ1n) is 10.9. The molecule has 6 heteroatoms. The fourth-order valence-electron chi connectivity index (χ4n) is 5.11. The molecule has 1 aliphatic heterocycles. The highest BCUT2D eigenvalue weighted by atomic mass is 16.5. The maximum Gasteiger partial charge on any atom is 0.307 e. The number of carbonyl (C=O) groups excluding carboxylic acids is 1. The summed E-state index contributed by atoms with van der Waals surface area (Å²) in [7, 11) is 3.22. The molecule has 1 amide bonds. The molecule has 1 fully saturated rings. The number of aliphatic carboxylic acids is 1. The number of fused-ring (bicyclic) bond motifs is 1. The Hall–Kier alpha value is -3.02. The highest BCUT2D eigenvalue weighted by Crippen LogP contribution is 2.43. The average molecular weight is 424 g/mol. The molecule has 6 nitrogen and oxygen atoms in total. The molecule has 164 valence electrons. The number of amides is 1. The molecular weight excluding hydrogens is 394 g/mol. The Kier molecular flexibility index (Phi) is 6.16. The molecule has 2 aromatic rings. The lowest BCUT2D eigenvalue weighted by Gasteiger charge is -2.41. The molecule has 1 saturated carbocycles. The molecule has 2 aliphatic rings. The second-order valence-electron chi connectivity index (χ2n) is 8.34. The van der Waals surface area contributed by atoms with Crippen LogP contribution in [0.4, 0.5) is 0 Å². The standard InChI is InChI=1S/C25H29NO5/c1-30-21-14-17-12-13-26(24(27)18-10-6-7-11-19(18)25(28)29)23(16-8-4-3-5-9-16)20(17)15-22(21)31-2/h3-5,8-9,14-15,18-19,23H,6-7,10-13H2,1-2H3,(H,28,29)/t18-,19+,23?/m0/s1. The summed E-state index contributed by atoms with van der Waals surface area (Å²) in [5.74, 6) is -0.702. The van der Waals surface area contributed by atoms with Crippen LogP contribution >= 0.6 is 0 Å². The Balaban J connectivity index is 1.78. The van der Waals surface area contributed by atoms with Gasteiger partial charge in [-0.15, -0.1) is 0 Å². The number of nitrogens with zero attached hydrogens (tertiary/aromatic N) is 1. The smallest absolute Gasteiger partial charge is 0.307 e. The third-order valence-electron chi connectivity index (χ3n) is 6.67. The molecule has 1 aliphatic carbocycles. The lowest BCUT2D eigenvalue weighted by atomic mass is 9.77. The molecule has 1 N–H and O–H groups in total. The van der Waals surface area contributed by atoms with Crippen LogP contribution in [-0.2, 0) is 16.0 Å². The van der Waals surface area contributed by atoms with E-state index in [0.29, 0.717) is 37.3 Å². The molecule has 3 atom stereocenters. The van der Waals surface area contributed by atoms with Gasteiger partial charge in [-0.3, -0.25) is 9.59 Å². The van der Waals surface area contributed by atoms with Crippen LogP contribution < -0.4 is 9.47 Å². The predicted molar refractivity (Wildman–Crippen MR) is 116 cm³/mol. The van der Waals surface area contributed by atoms with Gasteiger partial charge < -0.3 is 19.5 Å². The van der Waals surface area contributed by atoms with Gasteiger partial charge >= 0.3 is 5.97 Å². The van der Waals surface area contributed by atoms with Crippen LogP contribution in [0, 0.1) is 11.8 Å². The molecule has 2 aromatic carbocycles. The second kappa shape index (κ2) is 9.00. The molecule has 0 spiro atoms. The first kappa shape index (κ1) is 21.2. The van der Waals surface area contributed by atoms with Crippen molar-refractivity contribution in [1.82, 2.24) is 4.90 Å². The Bertz CT molecular complexity index is 958. The van der Waals surface area contributed by atoms with E-state index in [1.807, 2.05) is 47.4 Å². The molecular formula is C25H29NO5. The van der Waals surface area contributed by atoms with Crippen molar-refractivity contribution in [3.8, 4) is 11.5 Å². The van der Waals surface area contributed by atoms with E-state index in [2.05, 4.69) is 0 Å². The van der Waals surface area contributed by atoms with Crippen LogP contribution in [0.25, 0.3) is 0 Å². The number of carboxylic acid groups (broad SMARTS) is 1. The summed E-state index contributed by atoms with van der Waals surface area (Å²) in [5, 5.41) is 9.72. The van der Waals surface area contributed by atoms with Crippen LogP contribution in [0.1, 0.15) is 48.4 Å². The van der Waals surface area contributed by atoms with E-state index in [4.69, 9.17) is 9.47 Å². The first-order chi connectivity index (χ1) is 15.0. The van der Waals surface area contributed by atoms with E-state index in [0.717, 1.165) is 29.5 Å². The zero-order chi connectivity index (χ0) is 22.0. The topological polar surface area (TPSA) is 76.1 Å². The summed E-state index contributed by atoms with van der Waals surface area (Å²) in [5.41, 5.74) is 3.13. The minimum absolute atomic E-state index is 0.0543. The number of carbonyl (C=O) groups is 2. The SMILES string of the molecule is COc1cc2c(cc1OC)C(c1ccccc1)N(C(=O)[C@H]1CCCC[C@H]1C(=O)O)CC2. The van der Waals surface area contributed by atoms with Crippen molar-refractivity contribution in [3.05, 3.63) is 59.2 Å². The van der Waals surface area contributed by atoms with Crippen LogP contribution in [0.15, 0.2) is 42.5 Å². The van der Waals surface area contributed by atoms with Gasteiger partial charge in [0.25, 0.3) is 0 Å². The molecule has 0 bridgehead atoms. The molecule has 4 rings (SSSR count). The zero-order valence-corrected chi connectivity index (χ0v) is 18.0. The average Bonchev–Trinajstić information content (AvgIpc) is 2.82. The third-order valence-corrected chi connectivity index (χ3v) is 6.67. The van der Waals surface area contributed by atoms with Gasteiger partial charge in [0.2, 0.25) is 5.91 Å². The summed E-state index contributed by atoms with van der Waals surface area (Å²) in [6, 6.07) is 13.6. The van der Waals surface area contributed by atoms with E-state index in [9.17, 15) is 14.7 Å². The monoisotopic (exact) mass is 423 g/mol. The van der Waals surface area contributed by atoms with Gasteiger partial charge in [0.15, 0.2) is 11.5 Å². The lowest BCUT2D eigenvalue weighted by Crippen LogP contribution is -2.47. The molecule has 31 heavy (non-hydrogen) atoms. The van der Waals surface area contributed by atoms with Crippen LogP contribution in [0.5, 0.6) is 11.5 Å². The highest BCUT2D eigenvalue weighted by Gasteiger charge is 2.42. The quantitative estimate of drug-likeness (QED) is 0.785. The number of hydrogen-bond donors (Lipinski definition) is 1. The Morgan fingerprint density at radius 2 is 1.61 bits per heavy atom. The zero-order valence-electron chi connectivity index (χ0n) is 18.0. The van der Waals surface area contributed by atoms with Gasteiger partial charge in [-0.25, -0.2) is 0 Å². The molecule has 0 aromatic heterocycles. The van der Waals surface area contributed by atoms with Crippen molar-refractivity contribution in [2.24, 2.45) is 11.8 Å².